The van der Waals surface area contributed by atoms with E-state index < -0.39 is 0 Å². The zero-order valence-electron chi connectivity index (χ0n) is 21.1. The molecule has 1 rings (SSSR count). The van der Waals surface area contributed by atoms with Gasteiger partial charge in [0.25, 0.3) is 0 Å². The van der Waals surface area contributed by atoms with Crippen LogP contribution in [0.2, 0.25) is 0 Å². The highest BCUT2D eigenvalue weighted by molar-refractivity contribution is 5.44. The second-order valence-electron chi connectivity index (χ2n) is 9.32. The molecular formula is C30H52N. The second kappa shape index (κ2) is 22.0. The van der Waals surface area contributed by atoms with Gasteiger partial charge in [-0.2, -0.15) is 0 Å². The summed E-state index contributed by atoms with van der Waals surface area (Å²) < 4.78 is 0. The lowest BCUT2D eigenvalue weighted by atomic mass is 10.1. The van der Waals surface area contributed by atoms with Crippen molar-refractivity contribution in [2.75, 3.05) is 0 Å². The minimum Gasteiger partial charge on any atom is -0.256 e. The quantitative estimate of drug-likeness (QED) is 0.153. The van der Waals surface area contributed by atoms with E-state index in [1.807, 2.05) is 6.20 Å². The molecule has 1 heterocycles. The Morgan fingerprint density at radius 1 is 0.548 bits per heavy atom. The van der Waals surface area contributed by atoms with Crippen LogP contribution in [0.15, 0.2) is 47.9 Å². The van der Waals surface area contributed by atoms with Crippen molar-refractivity contribution in [1.82, 2.24) is 5.32 Å². The van der Waals surface area contributed by atoms with Gasteiger partial charge in [0, 0.05) is 11.8 Å². The summed E-state index contributed by atoms with van der Waals surface area (Å²) in [6.45, 7) is 4.58. The summed E-state index contributed by atoms with van der Waals surface area (Å²) in [5, 5.41) is 4.53. The van der Waals surface area contributed by atoms with E-state index in [2.05, 4.69) is 49.5 Å². The number of nitrogens with zero attached hydrogens (tertiary/aromatic N) is 1. The average molecular weight is 427 g/mol. The molecule has 31 heavy (non-hydrogen) atoms. The third kappa shape index (κ3) is 17.0. The SMILES string of the molecule is CCCCCCCCCCC/C=C/C1=C(/C=C/CCCCCCCCCCC)[N]C=C1. The first-order valence-electron chi connectivity index (χ1n) is 13.8. The number of allylic oxidation sites excluding steroid dienone is 6. The van der Waals surface area contributed by atoms with Crippen LogP contribution in [0.5, 0.6) is 0 Å². The Kier molecular flexibility index (Phi) is 19.7. The minimum atomic E-state index is 1.14. The van der Waals surface area contributed by atoms with Crippen LogP contribution in [0.3, 0.4) is 0 Å². The fourth-order valence-corrected chi connectivity index (χ4v) is 4.19. The first kappa shape index (κ1) is 27.8. The van der Waals surface area contributed by atoms with E-state index >= 15 is 0 Å². The van der Waals surface area contributed by atoms with Gasteiger partial charge in [0.05, 0.1) is 5.70 Å². The summed E-state index contributed by atoms with van der Waals surface area (Å²) in [5.74, 6) is 0. The van der Waals surface area contributed by atoms with Crippen LogP contribution in [0.1, 0.15) is 142 Å². The largest absolute Gasteiger partial charge is 0.256 e. The summed E-state index contributed by atoms with van der Waals surface area (Å²) in [5.41, 5.74) is 2.42. The molecule has 0 aromatic carbocycles. The molecule has 0 saturated heterocycles. The lowest BCUT2D eigenvalue weighted by Gasteiger charge is -2.01. The molecular weight excluding hydrogens is 374 g/mol. The Morgan fingerprint density at radius 3 is 1.45 bits per heavy atom. The predicted molar refractivity (Wildman–Crippen MR) is 140 cm³/mol. The molecule has 0 saturated carbocycles. The van der Waals surface area contributed by atoms with E-state index in [1.54, 1.807) is 0 Å². The van der Waals surface area contributed by atoms with Crippen molar-refractivity contribution in [3.05, 3.63) is 47.9 Å². The van der Waals surface area contributed by atoms with Crippen LogP contribution in [-0.2, 0) is 0 Å². The molecule has 0 bridgehead atoms. The van der Waals surface area contributed by atoms with Crippen LogP contribution in [0, 0.1) is 0 Å². The highest BCUT2D eigenvalue weighted by Crippen LogP contribution is 2.17. The van der Waals surface area contributed by atoms with Crippen molar-refractivity contribution in [3.8, 4) is 0 Å². The lowest BCUT2D eigenvalue weighted by molar-refractivity contribution is 0.566. The van der Waals surface area contributed by atoms with Gasteiger partial charge < -0.3 is 0 Å². The van der Waals surface area contributed by atoms with E-state index in [1.165, 1.54) is 134 Å². The molecule has 0 aromatic heterocycles. The van der Waals surface area contributed by atoms with Gasteiger partial charge >= 0.3 is 0 Å². The molecule has 177 valence electrons. The van der Waals surface area contributed by atoms with E-state index in [-0.39, 0.29) is 0 Å². The highest BCUT2D eigenvalue weighted by atomic mass is 14.9. The van der Waals surface area contributed by atoms with Crippen molar-refractivity contribution in [3.63, 3.8) is 0 Å². The number of hydrogen-bond donors (Lipinski definition) is 0. The second-order valence-corrected chi connectivity index (χ2v) is 9.32. The summed E-state index contributed by atoms with van der Waals surface area (Å²) in [6.07, 6.45) is 40.8. The van der Waals surface area contributed by atoms with Crippen LogP contribution in [-0.4, -0.2) is 0 Å². The van der Waals surface area contributed by atoms with Crippen molar-refractivity contribution in [2.24, 2.45) is 0 Å². The Labute approximate surface area is 195 Å². The Balaban J connectivity index is 2.03. The fourth-order valence-electron chi connectivity index (χ4n) is 4.19. The third-order valence-corrected chi connectivity index (χ3v) is 6.29. The summed E-state index contributed by atoms with van der Waals surface area (Å²) in [4.78, 5) is 0. The molecule has 0 spiro atoms. The smallest absolute Gasteiger partial charge is 0.0699 e. The lowest BCUT2D eigenvalue weighted by Crippen LogP contribution is -1.89. The van der Waals surface area contributed by atoms with E-state index in [4.69, 9.17) is 0 Å². The van der Waals surface area contributed by atoms with Gasteiger partial charge in [-0.05, 0) is 37.8 Å². The van der Waals surface area contributed by atoms with Crippen molar-refractivity contribution >= 4 is 0 Å². The first-order valence-corrected chi connectivity index (χ1v) is 13.8. The fraction of sp³-hybridized carbons (Fsp3) is 0.733. The minimum absolute atomic E-state index is 1.14. The number of rotatable bonds is 22. The Hall–Kier alpha value is -1.24. The van der Waals surface area contributed by atoms with Gasteiger partial charge in [-0.25, -0.2) is 0 Å². The van der Waals surface area contributed by atoms with Crippen molar-refractivity contribution in [2.45, 2.75) is 142 Å². The topological polar surface area (TPSA) is 14.1 Å². The van der Waals surface area contributed by atoms with Gasteiger partial charge in [-0.15, -0.1) is 0 Å². The molecule has 0 atom stereocenters. The molecule has 0 amide bonds. The monoisotopic (exact) mass is 426 g/mol. The summed E-state index contributed by atoms with van der Waals surface area (Å²) in [6, 6.07) is 0. The Bertz CT molecular complexity index is 509. The molecule has 1 aliphatic rings. The standard InChI is InChI=1S/C30H52N/c1-3-5-7-9-11-13-15-17-19-21-23-25-29-27-28-31-30(29)26-24-22-20-18-16-14-12-10-8-6-4-2/h23-28H,3-22H2,1-2H3/b25-23+,26-24+. The van der Waals surface area contributed by atoms with E-state index in [0.29, 0.717) is 0 Å². The predicted octanol–water partition coefficient (Wildman–Crippen LogP) is 10.3. The maximum Gasteiger partial charge on any atom is 0.0699 e. The number of hydrogen-bond acceptors (Lipinski definition) is 0. The normalized spacial score (nSPS) is 13.9. The third-order valence-electron chi connectivity index (χ3n) is 6.29. The molecule has 0 aromatic rings. The van der Waals surface area contributed by atoms with Crippen LogP contribution in [0.4, 0.5) is 0 Å². The zero-order valence-corrected chi connectivity index (χ0v) is 21.1. The summed E-state index contributed by atoms with van der Waals surface area (Å²) >= 11 is 0. The molecule has 1 nitrogen and oxygen atoms in total. The molecule has 1 aliphatic heterocycles. The maximum absolute atomic E-state index is 4.53. The van der Waals surface area contributed by atoms with Crippen LogP contribution >= 0.6 is 0 Å². The number of unbranched alkanes of at least 4 members (excludes halogenated alkanes) is 18. The molecule has 0 N–H and O–H groups in total. The van der Waals surface area contributed by atoms with Gasteiger partial charge in [0.2, 0.25) is 0 Å². The van der Waals surface area contributed by atoms with Crippen molar-refractivity contribution in [1.29, 1.82) is 0 Å². The Morgan fingerprint density at radius 2 is 0.968 bits per heavy atom. The average Bonchev–Trinajstić information content (AvgIpc) is 3.23. The first-order chi connectivity index (χ1) is 15.4. The molecule has 1 heteroatoms. The van der Waals surface area contributed by atoms with E-state index in [9.17, 15) is 0 Å². The van der Waals surface area contributed by atoms with Gasteiger partial charge in [0.1, 0.15) is 0 Å². The van der Waals surface area contributed by atoms with E-state index in [0.717, 1.165) is 5.70 Å². The zero-order chi connectivity index (χ0) is 22.2. The summed E-state index contributed by atoms with van der Waals surface area (Å²) in [7, 11) is 0. The van der Waals surface area contributed by atoms with Crippen molar-refractivity contribution < 1.29 is 0 Å². The van der Waals surface area contributed by atoms with Gasteiger partial charge in [-0.3, -0.25) is 5.32 Å². The van der Waals surface area contributed by atoms with Crippen LogP contribution < -0.4 is 5.32 Å². The van der Waals surface area contributed by atoms with Crippen LogP contribution in [0.25, 0.3) is 0 Å². The highest BCUT2D eigenvalue weighted by Gasteiger charge is 2.04. The maximum atomic E-state index is 4.53. The van der Waals surface area contributed by atoms with Gasteiger partial charge in [0.15, 0.2) is 0 Å². The molecule has 0 aliphatic carbocycles. The molecule has 0 unspecified atom stereocenters. The molecule has 1 radical (unpaired) electrons. The van der Waals surface area contributed by atoms with Gasteiger partial charge in [-0.1, -0.05) is 135 Å². The molecule has 0 fully saturated rings.